The maximum atomic E-state index is 12.0. The van der Waals surface area contributed by atoms with Crippen molar-refractivity contribution in [1.82, 2.24) is 5.32 Å². The van der Waals surface area contributed by atoms with Gasteiger partial charge in [-0.2, -0.15) is 5.26 Å². The van der Waals surface area contributed by atoms with Gasteiger partial charge >= 0.3 is 0 Å². The first kappa shape index (κ1) is 14.7. The van der Waals surface area contributed by atoms with E-state index in [1.165, 1.54) is 4.88 Å². The Hall–Kier alpha value is -1.34. The van der Waals surface area contributed by atoms with Crippen LogP contribution < -0.4 is 5.32 Å². The van der Waals surface area contributed by atoms with Gasteiger partial charge in [0, 0.05) is 16.8 Å². The number of amides is 1. The van der Waals surface area contributed by atoms with Crippen LogP contribution in [0.3, 0.4) is 0 Å². The Morgan fingerprint density at radius 1 is 1.50 bits per heavy atom. The summed E-state index contributed by atoms with van der Waals surface area (Å²) in [5.74, 6) is -0.183. The highest BCUT2D eigenvalue weighted by atomic mass is 32.1. The first-order valence-electron chi connectivity index (χ1n) is 6.09. The first-order chi connectivity index (χ1) is 8.35. The van der Waals surface area contributed by atoms with E-state index < -0.39 is 5.41 Å². The molecule has 4 heteroatoms. The van der Waals surface area contributed by atoms with E-state index in [0.717, 1.165) is 0 Å². The summed E-state index contributed by atoms with van der Waals surface area (Å²) in [5, 5.41) is 14.0. The average molecular weight is 264 g/mol. The first-order valence-corrected chi connectivity index (χ1v) is 6.97. The molecule has 1 amide bonds. The van der Waals surface area contributed by atoms with Crippen LogP contribution in [-0.2, 0) is 10.2 Å². The van der Waals surface area contributed by atoms with Crippen molar-refractivity contribution in [2.75, 3.05) is 6.54 Å². The lowest BCUT2D eigenvalue weighted by molar-refractivity contribution is -0.127. The molecular formula is C14H20N2OS. The van der Waals surface area contributed by atoms with Gasteiger partial charge < -0.3 is 5.32 Å². The molecule has 0 radical (unpaired) electrons. The van der Waals surface area contributed by atoms with Crippen LogP contribution in [0.2, 0.25) is 0 Å². The van der Waals surface area contributed by atoms with E-state index in [4.69, 9.17) is 5.26 Å². The molecule has 0 fully saturated rings. The van der Waals surface area contributed by atoms with Crippen LogP contribution in [0, 0.1) is 16.7 Å². The molecule has 0 aliphatic carbocycles. The average Bonchev–Trinajstić information content (AvgIpc) is 2.89. The highest BCUT2D eigenvalue weighted by molar-refractivity contribution is 7.10. The van der Waals surface area contributed by atoms with Gasteiger partial charge in [0.2, 0.25) is 5.91 Å². The van der Waals surface area contributed by atoms with Crippen molar-refractivity contribution >= 4 is 17.2 Å². The second kappa shape index (κ2) is 5.53. The zero-order valence-electron chi connectivity index (χ0n) is 11.4. The molecule has 1 atom stereocenters. The zero-order valence-corrected chi connectivity index (χ0v) is 12.2. The number of thiophene rings is 1. The van der Waals surface area contributed by atoms with Gasteiger partial charge in [-0.3, -0.25) is 4.79 Å². The fourth-order valence-corrected chi connectivity index (χ4v) is 2.39. The third kappa shape index (κ3) is 3.11. The van der Waals surface area contributed by atoms with Crippen molar-refractivity contribution in [2.45, 2.75) is 39.5 Å². The third-order valence-electron chi connectivity index (χ3n) is 3.33. The Bertz CT molecular complexity index is 445. The van der Waals surface area contributed by atoms with Gasteiger partial charge in [-0.1, -0.05) is 26.8 Å². The van der Waals surface area contributed by atoms with Crippen molar-refractivity contribution in [1.29, 1.82) is 5.26 Å². The summed E-state index contributed by atoms with van der Waals surface area (Å²) in [6.07, 6.45) is 0.523. The molecule has 0 bridgehead atoms. The van der Waals surface area contributed by atoms with Gasteiger partial charge in [0.25, 0.3) is 0 Å². The van der Waals surface area contributed by atoms with Crippen molar-refractivity contribution in [3.63, 3.8) is 0 Å². The van der Waals surface area contributed by atoms with Crippen LogP contribution >= 0.6 is 11.3 Å². The van der Waals surface area contributed by atoms with Crippen LogP contribution in [0.15, 0.2) is 17.5 Å². The minimum atomic E-state index is -0.925. The topological polar surface area (TPSA) is 52.9 Å². The predicted molar refractivity (Wildman–Crippen MR) is 74.4 cm³/mol. The lowest BCUT2D eigenvalue weighted by atomic mass is 9.87. The van der Waals surface area contributed by atoms with Gasteiger partial charge in [0.05, 0.1) is 6.07 Å². The van der Waals surface area contributed by atoms with Crippen molar-refractivity contribution in [2.24, 2.45) is 5.41 Å². The van der Waals surface area contributed by atoms with E-state index in [2.05, 4.69) is 31.3 Å². The van der Waals surface area contributed by atoms with Crippen molar-refractivity contribution in [3.8, 4) is 6.07 Å². The smallest absolute Gasteiger partial charge is 0.240 e. The van der Waals surface area contributed by atoms with Gasteiger partial charge in [0.15, 0.2) is 0 Å². The molecule has 0 spiro atoms. The van der Waals surface area contributed by atoms with Crippen LogP contribution in [0.25, 0.3) is 0 Å². The summed E-state index contributed by atoms with van der Waals surface area (Å²) in [5.41, 5.74) is -1.03. The highest BCUT2D eigenvalue weighted by Crippen LogP contribution is 2.27. The summed E-state index contributed by atoms with van der Waals surface area (Å²) in [4.78, 5) is 13.2. The van der Waals surface area contributed by atoms with E-state index in [1.807, 2.05) is 18.4 Å². The van der Waals surface area contributed by atoms with E-state index in [1.54, 1.807) is 18.3 Å². The molecule has 3 nitrogen and oxygen atoms in total. The van der Waals surface area contributed by atoms with Gasteiger partial charge in [0.1, 0.15) is 5.41 Å². The largest absolute Gasteiger partial charge is 0.354 e. The van der Waals surface area contributed by atoms with E-state index >= 15 is 0 Å². The van der Waals surface area contributed by atoms with Crippen molar-refractivity contribution in [3.05, 3.63) is 22.4 Å². The Morgan fingerprint density at radius 3 is 2.61 bits per heavy atom. The zero-order chi connectivity index (χ0) is 13.8. The van der Waals surface area contributed by atoms with E-state index in [-0.39, 0.29) is 11.3 Å². The molecular weight excluding hydrogens is 244 g/mol. The Kier molecular flexibility index (Phi) is 4.53. The van der Waals surface area contributed by atoms with Gasteiger partial charge in [-0.15, -0.1) is 11.3 Å². The van der Waals surface area contributed by atoms with Crippen LogP contribution in [0.1, 0.15) is 39.0 Å². The quantitative estimate of drug-likeness (QED) is 0.888. The predicted octanol–water partition coefficient (Wildman–Crippen LogP) is 3.08. The minimum Gasteiger partial charge on any atom is -0.354 e. The number of carbonyl (C=O) groups is 1. The van der Waals surface area contributed by atoms with Crippen LogP contribution in [0.4, 0.5) is 0 Å². The number of carbonyl (C=O) groups excluding carboxylic acids is 1. The minimum absolute atomic E-state index is 0.103. The molecule has 1 heterocycles. The summed E-state index contributed by atoms with van der Waals surface area (Å²) < 4.78 is 0. The lowest BCUT2D eigenvalue weighted by Gasteiger charge is -2.26. The third-order valence-corrected chi connectivity index (χ3v) is 4.57. The molecule has 1 aromatic rings. The number of nitrogens with zero attached hydrogens (tertiary/aromatic N) is 1. The molecule has 0 saturated heterocycles. The molecule has 1 rings (SSSR count). The molecule has 1 aromatic heterocycles. The number of nitriles is 1. The van der Waals surface area contributed by atoms with E-state index in [9.17, 15) is 4.79 Å². The molecule has 0 aliphatic rings. The normalized spacial score (nSPS) is 14.6. The SMILES string of the molecule is CCC(C)(C#N)C(=O)NCC(C)(C)c1cccs1. The fraction of sp³-hybridized carbons (Fsp3) is 0.571. The molecule has 98 valence electrons. The standard InChI is InChI=1S/C14H20N2OS/c1-5-14(4,9-15)12(17)16-10-13(2,3)11-7-6-8-18-11/h6-8H,5,10H2,1-4H3,(H,16,17). The summed E-state index contributed by atoms with van der Waals surface area (Å²) in [6.45, 7) is 8.26. The number of rotatable bonds is 5. The summed E-state index contributed by atoms with van der Waals surface area (Å²) in [6, 6.07) is 6.17. The van der Waals surface area contributed by atoms with Crippen LogP contribution in [0.5, 0.6) is 0 Å². The Labute approximate surface area is 113 Å². The molecule has 18 heavy (non-hydrogen) atoms. The Morgan fingerprint density at radius 2 is 2.17 bits per heavy atom. The number of hydrogen-bond acceptors (Lipinski definition) is 3. The van der Waals surface area contributed by atoms with Crippen LogP contribution in [-0.4, -0.2) is 12.5 Å². The molecule has 0 aliphatic heterocycles. The highest BCUT2D eigenvalue weighted by Gasteiger charge is 2.32. The number of hydrogen-bond donors (Lipinski definition) is 1. The molecule has 0 aromatic carbocycles. The second-order valence-corrected chi connectivity index (χ2v) is 6.29. The van der Waals surface area contributed by atoms with Crippen molar-refractivity contribution < 1.29 is 4.79 Å². The monoisotopic (exact) mass is 264 g/mol. The van der Waals surface area contributed by atoms with E-state index in [0.29, 0.717) is 13.0 Å². The maximum Gasteiger partial charge on any atom is 0.240 e. The molecule has 0 saturated carbocycles. The Balaban J connectivity index is 2.67. The van der Waals surface area contributed by atoms with Gasteiger partial charge in [-0.05, 0) is 24.8 Å². The summed E-state index contributed by atoms with van der Waals surface area (Å²) >= 11 is 1.68. The van der Waals surface area contributed by atoms with Gasteiger partial charge in [-0.25, -0.2) is 0 Å². The molecule has 1 N–H and O–H groups in total. The second-order valence-electron chi connectivity index (χ2n) is 5.34. The lowest BCUT2D eigenvalue weighted by Crippen LogP contribution is -2.43. The fourth-order valence-electron chi connectivity index (χ4n) is 1.54. The summed E-state index contributed by atoms with van der Waals surface area (Å²) in [7, 11) is 0. The number of nitrogens with one attached hydrogen (secondary N) is 1. The molecule has 1 unspecified atom stereocenters. The maximum absolute atomic E-state index is 12.0.